The Kier molecular flexibility index (Phi) is 9.31. The Morgan fingerprint density at radius 1 is 1.10 bits per heavy atom. The molecule has 5 rings (SSSR count). The number of thiol groups is 1. The van der Waals surface area contributed by atoms with Crippen molar-refractivity contribution < 1.29 is 18.5 Å². The van der Waals surface area contributed by atoms with Crippen molar-refractivity contribution in [2.24, 2.45) is 16.2 Å². The molecule has 2 heterocycles. The minimum absolute atomic E-state index is 0.0454. The Hall–Kier alpha value is -2.35. The van der Waals surface area contributed by atoms with Crippen LogP contribution in [0, 0.1) is 11.8 Å². The van der Waals surface area contributed by atoms with Crippen molar-refractivity contribution in [3.05, 3.63) is 70.3 Å². The van der Waals surface area contributed by atoms with E-state index >= 15 is 0 Å². The van der Waals surface area contributed by atoms with E-state index < -0.39 is 16.5 Å². The number of hydrogen-bond donors (Lipinski definition) is 1. The van der Waals surface area contributed by atoms with Gasteiger partial charge in [-0.3, -0.25) is 9.00 Å². The van der Waals surface area contributed by atoms with Gasteiger partial charge < -0.3 is 14.4 Å². The number of amides is 1. The van der Waals surface area contributed by atoms with Crippen molar-refractivity contribution in [3.63, 3.8) is 0 Å². The zero-order valence-corrected chi connectivity index (χ0v) is 24.5. The monoisotopic (exact) mass is 570 g/mol. The smallest absolute Gasteiger partial charge is 0.284 e. The second-order valence-electron chi connectivity index (χ2n) is 11.0. The molecule has 2 aromatic rings. The molecule has 5 atom stereocenters. The zero-order valence-electron chi connectivity index (χ0n) is 22.9. The molecule has 210 valence electrons. The maximum atomic E-state index is 13.2. The van der Waals surface area contributed by atoms with E-state index in [2.05, 4.69) is 33.5 Å². The summed E-state index contributed by atoms with van der Waals surface area (Å²) in [6.07, 6.45) is 11.0. The largest absolute Gasteiger partial charge is 0.491 e. The molecule has 2 aliphatic heterocycles. The molecule has 0 aromatic heterocycles. The minimum atomic E-state index is -2.01. The van der Waals surface area contributed by atoms with E-state index in [0.717, 1.165) is 61.5 Å². The number of methoxy groups -OCH3 is 1. The molecular formula is C31H39ClN2O4S. The van der Waals surface area contributed by atoms with Gasteiger partial charge in [-0.15, -0.1) is 0 Å². The molecule has 0 N–H and O–H groups in total. The summed E-state index contributed by atoms with van der Waals surface area (Å²) in [7, 11) is -0.226. The molecule has 6 nitrogen and oxygen atoms in total. The molecule has 0 radical (unpaired) electrons. The SMILES string of the molecule is CO[C@H]1/C=C/CC[C@@H](C)/[SH](=O)=N\C(=O)c2ccc3c(c2)N(Cc2ccc(Cl)cc2CCCCO3)C[C@@H]2CC[C@H]21. The fraction of sp³-hybridized carbons (Fsp3) is 0.516. The summed E-state index contributed by atoms with van der Waals surface area (Å²) in [5.74, 6) is 1.19. The summed E-state index contributed by atoms with van der Waals surface area (Å²) in [5.41, 5.74) is 3.81. The fourth-order valence-corrected chi connectivity index (χ4v) is 6.97. The molecule has 8 heteroatoms. The number of rotatable bonds is 1. The van der Waals surface area contributed by atoms with E-state index in [0.29, 0.717) is 37.0 Å². The first-order valence-corrected chi connectivity index (χ1v) is 15.8. The highest BCUT2D eigenvalue weighted by Gasteiger charge is 2.38. The van der Waals surface area contributed by atoms with Crippen LogP contribution in [0.1, 0.15) is 66.9 Å². The van der Waals surface area contributed by atoms with Crippen LogP contribution in [0.5, 0.6) is 5.75 Å². The van der Waals surface area contributed by atoms with Gasteiger partial charge >= 0.3 is 0 Å². The maximum Gasteiger partial charge on any atom is 0.284 e. The van der Waals surface area contributed by atoms with Crippen molar-refractivity contribution >= 4 is 33.8 Å². The van der Waals surface area contributed by atoms with Gasteiger partial charge in [0.15, 0.2) is 0 Å². The molecule has 1 saturated carbocycles. The Balaban J connectivity index is 1.61. The molecule has 1 aliphatic carbocycles. The number of hydrogen-bond acceptors (Lipinski definition) is 5. The van der Waals surface area contributed by atoms with E-state index in [9.17, 15) is 9.00 Å². The summed E-state index contributed by atoms with van der Waals surface area (Å²) in [6.45, 7) is 3.99. The second kappa shape index (κ2) is 12.9. The lowest BCUT2D eigenvalue weighted by Crippen LogP contribution is -2.43. The van der Waals surface area contributed by atoms with Gasteiger partial charge in [0, 0.05) is 46.6 Å². The van der Waals surface area contributed by atoms with E-state index in [1.54, 1.807) is 13.2 Å². The third-order valence-corrected chi connectivity index (χ3v) is 10.1. The van der Waals surface area contributed by atoms with Crippen LogP contribution >= 0.6 is 11.6 Å². The number of anilines is 1. The van der Waals surface area contributed by atoms with E-state index in [4.69, 9.17) is 21.1 Å². The van der Waals surface area contributed by atoms with Crippen molar-refractivity contribution in [2.75, 3.05) is 25.2 Å². The lowest BCUT2D eigenvalue weighted by molar-refractivity contribution is 0.0134. The highest BCUT2D eigenvalue weighted by Crippen LogP contribution is 2.42. The Morgan fingerprint density at radius 2 is 1.97 bits per heavy atom. The summed E-state index contributed by atoms with van der Waals surface area (Å²) >= 11 is 6.40. The fourth-order valence-electron chi connectivity index (χ4n) is 5.91. The van der Waals surface area contributed by atoms with Gasteiger partial charge in [0.25, 0.3) is 5.91 Å². The first-order valence-electron chi connectivity index (χ1n) is 14.1. The molecule has 39 heavy (non-hydrogen) atoms. The van der Waals surface area contributed by atoms with Gasteiger partial charge in [-0.1, -0.05) is 36.7 Å². The second-order valence-corrected chi connectivity index (χ2v) is 13.2. The third kappa shape index (κ3) is 6.69. The van der Waals surface area contributed by atoms with Crippen molar-refractivity contribution in [3.8, 4) is 5.75 Å². The molecular weight excluding hydrogens is 532 g/mol. The van der Waals surface area contributed by atoms with E-state index in [-0.39, 0.29) is 11.4 Å². The number of allylic oxidation sites excluding steroid dienone is 1. The highest BCUT2D eigenvalue weighted by molar-refractivity contribution is 7.75. The first-order chi connectivity index (χ1) is 18.9. The number of nitrogens with zero attached hydrogens (tertiary/aromatic N) is 2. The van der Waals surface area contributed by atoms with Gasteiger partial charge in [-0.25, -0.2) is 0 Å². The summed E-state index contributed by atoms with van der Waals surface area (Å²) < 4.78 is 29.2. The molecule has 1 fully saturated rings. The predicted molar refractivity (Wildman–Crippen MR) is 159 cm³/mol. The van der Waals surface area contributed by atoms with Gasteiger partial charge in [-0.2, -0.15) is 4.36 Å². The summed E-state index contributed by atoms with van der Waals surface area (Å²) in [4.78, 5) is 15.5. The van der Waals surface area contributed by atoms with E-state index in [1.165, 1.54) is 11.1 Å². The molecule has 1 unspecified atom stereocenters. The number of carbonyl (C=O) groups is 1. The van der Waals surface area contributed by atoms with Gasteiger partial charge in [-0.05, 0) is 98.2 Å². The number of fused-ring (bicyclic) bond motifs is 3. The number of aryl methyl sites for hydroxylation is 1. The van der Waals surface area contributed by atoms with Crippen LogP contribution in [0.25, 0.3) is 0 Å². The number of benzene rings is 2. The average molecular weight is 571 g/mol. The Labute approximate surface area is 238 Å². The van der Waals surface area contributed by atoms with Crippen molar-refractivity contribution in [1.82, 2.24) is 0 Å². The molecule has 0 spiro atoms. The summed E-state index contributed by atoms with van der Waals surface area (Å²) in [5, 5.41) is 0.572. The Bertz CT molecular complexity index is 1310. The van der Waals surface area contributed by atoms with Crippen molar-refractivity contribution in [2.45, 2.75) is 69.8 Å². The van der Waals surface area contributed by atoms with Gasteiger partial charge in [0.2, 0.25) is 0 Å². The first kappa shape index (κ1) is 28.2. The topological polar surface area (TPSA) is 68.2 Å². The summed E-state index contributed by atoms with van der Waals surface area (Å²) in [6, 6.07) is 11.7. The maximum absolute atomic E-state index is 13.2. The molecule has 3 aliphatic rings. The van der Waals surface area contributed by atoms with Gasteiger partial charge in [0.1, 0.15) is 5.75 Å². The van der Waals surface area contributed by atoms with E-state index in [1.807, 2.05) is 25.1 Å². The van der Waals surface area contributed by atoms with Gasteiger partial charge in [0.05, 0.1) is 18.4 Å². The number of ether oxygens (including phenoxy) is 2. The van der Waals surface area contributed by atoms with Crippen LogP contribution < -0.4 is 9.64 Å². The number of halogens is 1. The predicted octanol–water partition coefficient (Wildman–Crippen LogP) is 6.65. The Morgan fingerprint density at radius 3 is 2.77 bits per heavy atom. The lowest BCUT2D eigenvalue weighted by atomic mass is 9.70. The molecule has 2 bridgehead atoms. The van der Waals surface area contributed by atoms with Crippen molar-refractivity contribution in [1.29, 1.82) is 0 Å². The van der Waals surface area contributed by atoms with Crippen LogP contribution in [-0.2, 0) is 28.3 Å². The zero-order chi connectivity index (χ0) is 27.4. The van der Waals surface area contributed by atoms with Crippen LogP contribution in [0.15, 0.2) is 52.9 Å². The van der Waals surface area contributed by atoms with Crippen LogP contribution in [-0.4, -0.2) is 41.7 Å². The highest BCUT2D eigenvalue weighted by atomic mass is 35.5. The average Bonchev–Trinajstić information content (AvgIpc) is 2.94. The van der Waals surface area contributed by atoms with Crippen LogP contribution in [0.2, 0.25) is 5.02 Å². The molecule has 1 amide bonds. The van der Waals surface area contributed by atoms with Crippen LogP contribution in [0.4, 0.5) is 5.69 Å². The lowest BCUT2D eigenvalue weighted by Gasteiger charge is -2.43. The number of carbonyl (C=O) groups excluding carboxylic acids is 1. The quantitative estimate of drug-likeness (QED) is 0.307. The minimum Gasteiger partial charge on any atom is -0.491 e. The standard InChI is InChI=1S/C31H39ClN2O4S/c1-21-7-3-4-9-29(37-2)27-14-11-25(27)20-34-19-24-10-13-26(32)17-22(24)8-5-6-16-38-30-15-12-23(18-28(30)34)31(35)33-39(21)36/h4,9-10,12-13,15,17-18,21,25,27,29,39H,3,5-8,11,14,16,19-20H2,1-2H3/b9-4+/t21-,25+,27-,29+/m1/s1. The molecule has 0 saturated heterocycles. The molecule has 2 aromatic carbocycles. The third-order valence-electron chi connectivity index (χ3n) is 8.44. The normalized spacial score (nSPS) is 29.4. The van der Waals surface area contributed by atoms with Crippen LogP contribution in [0.3, 0.4) is 0 Å².